The maximum absolute atomic E-state index is 9.92. The monoisotopic (exact) mass is 479 g/mol. The summed E-state index contributed by atoms with van der Waals surface area (Å²) in [7, 11) is 0. The molecule has 4 aromatic rings. The van der Waals surface area contributed by atoms with Gasteiger partial charge in [0.05, 0.1) is 11.5 Å². The fraction of sp³-hybridized carbons (Fsp3) is 0.231. The number of likely N-dealkylation sites (tertiary alicyclic amines) is 1. The molecule has 2 N–H and O–H groups in total. The highest BCUT2D eigenvalue weighted by Crippen LogP contribution is 2.47. The van der Waals surface area contributed by atoms with Gasteiger partial charge in [-0.3, -0.25) is 0 Å². The van der Waals surface area contributed by atoms with Crippen molar-refractivity contribution in [3.63, 3.8) is 0 Å². The SMILES string of the molecule is Oc1ccc(-c2sc3cc(O)ccc3c2Oc2ccc(SOCCN3CCCC3)cc2)cc1. The zero-order valence-electron chi connectivity index (χ0n) is 18.1. The summed E-state index contributed by atoms with van der Waals surface area (Å²) >= 11 is 2.94. The van der Waals surface area contributed by atoms with Crippen LogP contribution in [0.25, 0.3) is 20.5 Å². The Hall–Kier alpha value is -2.71. The average Bonchev–Trinajstić information content (AvgIpc) is 3.46. The number of nitrogens with zero attached hydrogens (tertiary/aromatic N) is 1. The number of benzene rings is 3. The summed E-state index contributed by atoms with van der Waals surface area (Å²) in [4.78, 5) is 4.41. The van der Waals surface area contributed by atoms with Gasteiger partial charge in [-0.05, 0) is 98.2 Å². The Labute approximate surface area is 201 Å². The molecule has 0 spiro atoms. The van der Waals surface area contributed by atoms with Crippen LogP contribution < -0.4 is 4.74 Å². The Morgan fingerprint density at radius 3 is 2.36 bits per heavy atom. The van der Waals surface area contributed by atoms with E-state index in [1.54, 1.807) is 35.6 Å². The fourth-order valence-corrected chi connectivity index (χ4v) is 5.64. The Morgan fingerprint density at radius 1 is 0.879 bits per heavy atom. The summed E-state index contributed by atoms with van der Waals surface area (Å²) < 4.78 is 13.1. The van der Waals surface area contributed by atoms with Crippen LogP contribution in [0.5, 0.6) is 23.0 Å². The minimum absolute atomic E-state index is 0.218. The van der Waals surface area contributed by atoms with Crippen molar-refractivity contribution in [3.8, 4) is 33.4 Å². The summed E-state index contributed by atoms with van der Waals surface area (Å²) in [5, 5.41) is 20.5. The summed E-state index contributed by atoms with van der Waals surface area (Å²) in [5.74, 6) is 1.90. The molecule has 0 saturated carbocycles. The molecule has 3 aromatic carbocycles. The number of rotatable bonds is 8. The van der Waals surface area contributed by atoms with Gasteiger partial charge in [0, 0.05) is 33.6 Å². The predicted octanol–water partition coefficient (Wildman–Crippen LogP) is 6.89. The summed E-state index contributed by atoms with van der Waals surface area (Å²) in [5.41, 5.74) is 0.946. The predicted molar refractivity (Wildman–Crippen MR) is 135 cm³/mol. The number of phenolic OH excluding ortho intramolecular Hbond substituents is 2. The van der Waals surface area contributed by atoms with E-state index in [9.17, 15) is 10.2 Å². The highest BCUT2D eigenvalue weighted by molar-refractivity contribution is 7.94. The van der Waals surface area contributed by atoms with Crippen LogP contribution in [0.4, 0.5) is 0 Å². The van der Waals surface area contributed by atoms with Gasteiger partial charge < -0.3 is 24.0 Å². The Balaban J connectivity index is 1.31. The molecular formula is C26H25NO4S2. The highest BCUT2D eigenvalue weighted by Gasteiger charge is 2.17. The summed E-state index contributed by atoms with van der Waals surface area (Å²) in [6, 6.07) is 20.2. The minimum Gasteiger partial charge on any atom is -0.508 e. The smallest absolute Gasteiger partial charge is 0.153 e. The highest BCUT2D eigenvalue weighted by atomic mass is 32.2. The molecule has 7 heteroatoms. The second-order valence-electron chi connectivity index (χ2n) is 8.02. The van der Waals surface area contributed by atoms with E-state index < -0.39 is 0 Å². The lowest BCUT2D eigenvalue weighted by molar-refractivity contribution is 0.261. The van der Waals surface area contributed by atoms with E-state index in [0.29, 0.717) is 6.61 Å². The van der Waals surface area contributed by atoms with Crippen molar-refractivity contribution in [3.05, 3.63) is 66.7 Å². The molecular weight excluding hydrogens is 454 g/mol. The first kappa shape index (κ1) is 22.1. The quantitative estimate of drug-likeness (QED) is 0.212. The van der Waals surface area contributed by atoms with Crippen LogP contribution in [0, 0.1) is 0 Å². The van der Waals surface area contributed by atoms with Crippen LogP contribution in [-0.4, -0.2) is 41.4 Å². The summed E-state index contributed by atoms with van der Waals surface area (Å²) in [6.07, 6.45) is 2.59. The molecule has 0 aliphatic carbocycles. The van der Waals surface area contributed by atoms with E-state index in [1.165, 1.54) is 38.0 Å². The van der Waals surface area contributed by atoms with Crippen LogP contribution in [0.2, 0.25) is 0 Å². The normalized spacial score (nSPS) is 14.2. The van der Waals surface area contributed by atoms with Crippen molar-refractivity contribution in [1.82, 2.24) is 4.90 Å². The molecule has 0 unspecified atom stereocenters. The standard InChI is InChI=1S/C26H25NO4S2/c28-19-5-3-18(4-6-19)26-25(23-12-7-20(29)17-24(23)32-26)31-21-8-10-22(11-9-21)33-30-16-15-27-13-1-2-14-27/h3-12,17,28-29H,1-2,13-16H2. The first-order chi connectivity index (χ1) is 16.2. The largest absolute Gasteiger partial charge is 0.508 e. The lowest BCUT2D eigenvalue weighted by atomic mass is 10.1. The van der Waals surface area contributed by atoms with Gasteiger partial charge in [0.15, 0.2) is 5.75 Å². The zero-order valence-corrected chi connectivity index (χ0v) is 19.7. The van der Waals surface area contributed by atoms with Gasteiger partial charge in [-0.2, -0.15) is 0 Å². The lowest BCUT2D eigenvalue weighted by Gasteiger charge is -2.13. The Morgan fingerprint density at radius 2 is 1.61 bits per heavy atom. The molecule has 1 fully saturated rings. The number of phenols is 2. The number of fused-ring (bicyclic) bond motifs is 1. The minimum atomic E-state index is 0.218. The van der Waals surface area contributed by atoms with Crippen molar-refractivity contribution in [2.45, 2.75) is 17.7 Å². The molecule has 1 saturated heterocycles. The van der Waals surface area contributed by atoms with E-state index in [0.717, 1.165) is 43.5 Å². The third-order valence-electron chi connectivity index (χ3n) is 5.65. The molecule has 170 valence electrons. The van der Waals surface area contributed by atoms with Crippen LogP contribution in [-0.2, 0) is 4.18 Å². The van der Waals surface area contributed by atoms with Gasteiger partial charge in [-0.15, -0.1) is 11.3 Å². The molecule has 0 amide bonds. The molecule has 0 radical (unpaired) electrons. The van der Waals surface area contributed by atoms with Crippen molar-refractivity contribution in [2.75, 3.05) is 26.2 Å². The molecule has 0 atom stereocenters. The number of thiophene rings is 1. The average molecular weight is 480 g/mol. The number of aromatic hydroxyl groups is 2. The van der Waals surface area contributed by atoms with Crippen LogP contribution >= 0.6 is 23.4 Å². The van der Waals surface area contributed by atoms with E-state index in [1.807, 2.05) is 42.5 Å². The second-order valence-corrected chi connectivity index (χ2v) is 9.94. The lowest BCUT2D eigenvalue weighted by Crippen LogP contribution is -2.23. The van der Waals surface area contributed by atoms with Crippen LogP contribution in [0.1, 0.15) is 12.8 Å². The zero-order chi connectivity index (χ0) is 22.6. The van der Waals surface area contributed by atoms with Gasteiger partial charge in [0.25, 0.3) is 0 Å². The van der Waals surface area contributed by atoms with Gasteiger partial charge in [-0.25, -0.2) is 0 Å². The van der Waals surface area contributed by atoms with Crippen LogP contribution in [0.3, 0.4) is 0 Å². The molecule has 1 aliphatic rings. The van der Waals surface area contributed by atoms with Crippen molar-refractivity contribution < 1.29 is 19.1 Å². The molecule has 5 nitrogen and oxygen atoms in total. The second kappa shape index (κ2) is 10.1. The topological polar surface area (TPSA) is 62.2 Å². The first-order valence-corrected chi connectivity index (χ1v) is 12.6. The fourth-order valence-electron chi connectivity index (χ4n) is 3.93. The Kier molecular flexibility index (Phi) is 6.73. The van der Waals surface area contributed by atoms with Gasteiger partial charge in [0.2, 0.25) is 0 Å². The molecule has 2 heterocycles. The van der Waals surface area contributed by atoms with Crippen LogP contribution in [0.15, 0.2) is 71.6 Å². The molecule has 0 bridgehead atoms. The first-order valence-electron chi connectivity index (χ1n) is 11.0. The number of hydrogen-bond donors (Lipinski definition) is 2. The third-order valence-corrected chi connectivity index (χ3v) is 7.58. The van der Waals surface area contributed by atoms with E-state index >= 15 is 0 Å². The molecule has 5 rings (SSSR count). The maximum atomic E-state index is 9.92. The van der Waals surface area contributed by atoms with Gasteiger partial charge >= 0.3 is 0 Å². The van der Waals surface area contributed by atoms with E-state index in [2.05, 4.69) is 4.90 Å². The van der Waals surface area contributed by atoms with E-state index in [4.69, 9.17) is 8.92 Å². The molecule has 33 heavy (non-hydrogen) atoms. The van der Waals surface area contributed by atoms with E-state index in [-0.39, 0.29) is 11.5 Å². The van der Waals surface area contributed by atoms with Gasteiger partial charge in [0.1, 0.15) is 17.2 Å². The third kappa shape index (κ3) is 5.28. The molecule has 1 aliphatic heterocycles. The van der Waals surface area contributed by atoms with Crippen molar-refractivity contribution >= 4 is 33.5 Å². The summed E-state index contributed by atoms with van der Waals surface area (Å²) in [6.45, 7) is 4.06. The van der Waals surface area contributed by atoms with Gasteiger partial charge in [-0.1, -0.05) is 0 Å². The number of ether oxygens (including phenoxy) is 1. The maximum Gasteiger partial charge on any atom is 0.153 e. The van der Waals surface area contributed by atoms with Crippen molar-refractivity contribution in [2.24, 2.45) is 0 Å². The van der Waals surface area contributed by atoms with Crippen molar-refractivity contribution in [1.29, 1.82) is 0 Å². The Bertz CT molecular complexity index is 1220. The number of hydrogen-bond acceptors (Lipinski definition) is 7. The molecule has 1 aromatic heterocycles.